The Hall–Kier alpha value is -1.29. The van der Waals surface area contributed by atoms with Gasteiger partial charge in [-0.3, -0.25) is 5.41 Å². The van der Waals surface area contributed by atoms with Crippen LogP contribution in [0.5, 0.6) is 0 Å². The van der Waals surface area contributed by atoms with E-state index in [0.29, 0.717) is 0 Å². The summed E-state index contributed by atoms with van der Waals surface area (Å²) in [5.74, 6) is -0.678. The molecule has 0 saturated carbocycles. The molecule has 0 aromatic rings. The van der Waals surface area contributed by atoms with E-state index in [0.717, 1.165) is 23.2 Å². The SMILES string of the molecule is COC(=O)N1C(=N)N=C(SC)N(C(C)C)S1(=O)=O. The summed E-state index contributed by atoms with van der Waals surface area (Å²) in [5, 5.41) is 7.67. The molecule has 0 spiro atoms. The van der Waals surface area contributed by atoms with Gasteiger partial charge < -0.3 is 4.74 Å². The molecule has 1 heterocycles. The first-order valence-electron chi connectivity index (χ1n) is 4.91. The number of nitrogens with one attached hydrogen (secondary N) is 1. The molecule has 10 heteroatoms. The van der Waals surface area contributed by atoms with Crippen molar-refractivity contribution >= 4 is 39.2 Å². The number of ether oxygens (including phenoxy) is 1. The third kappa shape index (κ3) is 2.29. The van der Waals surface area contributed by atoms with Crippen molar-refractivity contribution in [2.45, 2.75) is 19.9 Å². The molecule has 1 amide bonds. The Morgan fingerprint density at radius 2 is 2.06 bits per heavy atom. The first-order chi connectivity index (χ1) is 8.27. The molecule has 0 aromatic heterocycles. The zero-order valence-electron chi connectivity index (χ0n) is 10.4. The number of amidine groups is 1. The van der Waals surface area contributed by atoms with Gasteiger partial charge in [-0.15, -0.1) is 4.31 Å². The molecule has 0 saturated heterocycles. The lowest BCUT2D eigenvalue weighted by atomic mass is 10.4. The number of carbonyl (C=O) groups excluding carboxylic acids is 1. The van der Waals surface area contributed by atoms with Crippen LogP contribution in [0.1, 0.15) is 13.8 Å². The van der Waals surface area contributed by atoms with E-state index in [1.54, 1.807) is 20.1 Å². The summed E-state index contributed by atoms with van der Waals surface area (Å²) in [7, 11) is -3.13. The molecule has 1 aliphatic rings. The molecule has 1 aliphatic heterocycles. The third-order valence-electron chi connectivity index (χ3n) is 2.05. The highest BCUT2D eigenvalue weighted by Crippen LogP contribution is 2.24. The number of nitrogens with zero attached hydrogens (tertiary/aromatic N) is 3. The number of guanidine groups is 1. The van der Waals surface area contributed by atoms with Gasteiger partial charge in [-0.25, -0.2) is 9.10 Å². The first kappa shape index (κ1) is 14.8. The summed E-state index contributed by atoms with van der Waals surface area (Å²) in [5.41, 5.74) is 0. The van der Waals surface area contributed by atoms with Crippen LogP contribution in [0.15, 0.2) is 4.99 Å². The summed E-state index contributed by atoms with van der Waals surface area (Å²) in [6.07, 6.45) is 0.486. The predicted octanol–water partition coefficient (Wildman–Crippen LogP) is 0.677. The minimum absolute atomic E-state index is 0.148. The molecular weight excluding hydrogens is 280 g/mol. The van der Waals surface area contributed by atoms with Gasteiger partial charge in [0, 0.05) is 6.04 Å². The Labute approximate surface area is 110 Å². The Morgan fingerprint density at radius 1 is 1.50 bits per heavy atom. The third-order valence-corrected chi connectivity index (χ3v) is 4.70. The normalized spacial score (nSPS) is 18.9. The second kappa shape index (κ2) is 5.14. The van der Waals surface area contributed by atoms with Crippen LogP contribution < -0.4 is 0 Å². The van der Waals surface area contributed by atoms with E-state index < -0.39 is 28.3 Å². The number of thioether (sulfide) groups is 1. The maximum atomic E-state index is 12.3. The van der Waals surface area contributed by atoms with Gasteiger partial charge in [-0.2, -0.15) is 13.4 Å². The Bertz CT molecular complexity index is 499. The van der Waals surface area contributed by atoms with E-state index in [2.05, 4.69) is 9.73 Å². The van der Waals surface area contributed by atoms with Crippen LogP contribution >= 0.6 is 11.8 Å². The molecule has 0 unspecified atom stereocenters. The van der Waals surface area contributed by atoms with E-state index in [4.69, 9.17) is 5.41 Å². The van der Waals surface area contributed by atoms with E-state index in [9.17, 15) is 13.2 Å². The number of amides is 1. The molecule has 18 heavy (non-hydrogen) atoms. The minimum Gasteiger partial charge on any atom is -0.452 e. The molecule has 1 rings (SSSR count). The minimum atomic E-state index is -4.17. The predicted molar refractivity (Wildman–Crippen MR) is 68.8 cm³/mol. The van der Waals surface area contributed by atoms with Crippen LogP contribution in [0, 0.1) is 5.41 Å². The lowest BCUT2D eigenvalue weighted by Crippen LogP contribution is -2.56. The fourth-order valence-corrected chi connectivity index (χ4v) is 3.91. The maximum absolute atomic E-state index is 12.3. The molecular formula is C8H14N4O4S2. The monoisotopic (exact) mass is 294 g/mol. The van der Waals surface area contributed by atoms with Gasteiger partial charge in [0.25, 0.3) is 0 Å². The van der Waals surface area contributed by atoms with Crippen LogP contribution in [-0.2, 0) is 14.9 Å². The van der Waals surface area contributed by atoms with Crippen molar-refractivity contribution in [1.82, 2.24) is 8.61 Å². The molecule has 0 bridgehead atoms. The van der Waals surface area contributed by atoms with Crippen LogP contribution in [0.3, 0.4) is 0 Å². The number of methoxy groups -OCH3 is 1. The maximum Gasteiger partial charge on any atom is 0.432 e. The molecule has 0 aliphatic carbocycles. The molecule has 0 fully saturated rings. The Morgan fingerprint density at radius 3 is 2.44 bits per heavy atom. The number of hydrogen-bond donors (Lipinski definition) is 1. The molecule has 102 valence electrons. The lowest BCUT2D eigenvalue weighted by molar-refractivity contribution is 0.160. The zero-order valence-corrected chi connectivity index (χ0v) is 12.0. The summed E-state index contributed by atoms with van der Waals surface area (Å²) in [4.78, 5) is 15.2. The van der Waals surface area contributed by atoms with Crippen LogP contribution in [0.4, 0.5) is 4.79 Å². The summed E-state index contributed by atoms with van der Waals surface area (Å²) in [6, 6.07) is -0.429. The van der Waals surface area contributed by atoms with Crippen molar-refractivity contribution in [3.8, 4) is 0 Å². The standard InChI is InChI=1S/C8H14N4O4S2/c1-5(2)11-7(17-4)10-6(9)12(8(13)16-3)18(11,14)15/h5,9H,1-4H3. The summed E-state index contributed by atoms with van der Waals surface area (Å²) < 4.78 is 30.1. The quantitative estimate of drug-likeness (QED) is 0.766. The van der Waals surface area contributed by atoms with Crippen LogP contribution in [0.2, 0.25) is 0 Å². The van der Waals surface area contributed by atoms with Gasteiger partial charge in [0.05, 0.1) is 7.11 Å². The smallest absolute Gasteiger partial charge is 0.432 e. The van der Waals surface area contributed by atoms with Crippen molar-refractivity contribution in [2.75, 3.05) is 13.4 Å². The van der Waals surface area contributed by atoms with E-state index in [-0.39, 0.29) is 9.47 Å². The van der Waals surface area contributed by atoms with E-state index in [1.165, 1.54) is 0 Å². The molecule has 1 N–H and O–H groups in total. The number of aliphatic imine (C=N–C) groups is 1. The summed E-state index contributed by atoms with van der Waals surface area (Å²) in [6.45, 7) is 3.29. The number of rotatable bonds is 1. The summed E-state index contributed by atoms with van der Waals surface area (Å²) >= 11 is 1.09. The van der Waals surface area contributed by atoms with Gasteiger partial charge >= 0.3 is 16.3 Å². The van der Waals surface area contributed by atoms with E-state index in [1.807, 2.05) is 0 Å². The van der Waals surface area contributed by atoms with Crippen molar-refractivity contribution in [3.05, 3.63) is 0 Å². The molecule has 8 nitrogen and oxygen atoms in total. The molecule has 0 aromatic carbocycles. The highest BCUT2D eigenvalue weighted by atomic mass is 32.2. The number of hydrogen-bond acceptors (Lipinski definition) is 6. The lowest BCUT2D eigenvalue weighted by Gasteiger charge is -2.35. The molecule has 0 atom stereocenters. The van der Waals surface area contributed by atoms with E-state index >= 15 is 0 Å². The van der Waals surface area contributed by atoms with Crippen LogP contribution in [-0.4, -0.2) is 53.7 Å². The fraction of sp³-hybridized carbons (Fsp3) is 0.625. The average molecular weight is 294 g/mol. The van der Waals surface area contributed by atoms with Gasteiger partial charge in [-0.05, 0) is 20.1 Å². The van der Waals surface area contributed by atoms with Gasteiger partial charge in [-0.1, -0.05) is 11.8 Å². The van der Waals surface area contributed by atoms with Crippen LogP contribution in [0.25, 0.3) is 0 Å². The van der Waals surface area contributed by atoms with Gasteiger partial charge in [0.15, 0.2) is 5.17 Å². The Balaban J connectivity index is 3.41. The van der Waals surface area contributed by atoms with Crippen molar-refractivity contribution in [1.29, 1.82) is 5.41 Å². The first-order valence-corrected chi connectivity index (χ1v) is 7.53. The highest BCUT2D eigenvalue weighted by molar-refractivity contribution is 8.14. The average Bonchev–Trinajstić information content (AvgIpc) is 2.25. The zero-order chi connectivity index (χ0) is 14.1. The van der Waals surface area contributed by atoms with Crippen molar-refractivity contribution in [3.63, 3.8) is 0 Å². The second-order valence-corrected chi connectivity index (χ2v) is 5.98. The highest BCUT2D eigenvalue weighted by Gasteiger charge is 2.44. The largest absolute Gasteiger partial charge is 0.452 e. The van der Waals surface area contributed by atoms with Crippen molar-refractivity contribution < 1.29 is 17.9 Å². The molecule has 0 radical (unpaired) electrons. The Kier molecular flexibility index (Phi) is 4.22. The van der Waals surface area contributed by atoms with Gasteiger partial charge in [0.2, 0.25) is 5.96 Å². The fourth-order valence-electron chi connectivity index (χ4n) is 1.37. The second-order valence-electron chi connectivity index (χ2n) is 3.55. The van der Waals surface area contributed by atoms with Crippen molar-refractivity contribution in [2.24, 2.45) is 4.99 Å². The number of carbonyl (C=O) groups is 1. The topological polar surface area (TPSA) is 103 Å². The van der Waals surface area contributed by atoms with Gasteiger partial charge in [0.1, 0.15) is 0 Å².